The summed E-state index contributed by atoms with van der Waals surface area (Å²) < 4.78 is 28.6. The van der Waals surface area contributed by atoms with Crippen LogP contribution in [0.4, 0.5) is 5.69 Å². The number of sulfonamides is 1. The summed E-state index contributed by atoms with van der Waals surface area (Å²) >= 11 is 0. The lowest BCUT2D eigenvalue weighted by Crippen LogP contribution is -2.50. The highest BCUT2D eigenvalue weighted by Gasteiger charge is 2.25. The normalized spacial score (nSPS) is 17.9. The van der Waals surface area contributed by atoms with Gasteiger partial charge in [0.05, 0.1) is 10.6 Å². The van der Waals surface area contributed by atoms with E-state index in [0.717, 1.165) is 37.3 Å². The summed E-state index contributed by atoms with van der Waals surface area (Å²) in [5, 5.41) is 0. The van der Waals surface area contributed by atoms with Crippen molar-refractivity contribution in [3.05, 3.63) is 59.2 Å². The molecule has 2 aliphatic heterocycles. The van der Waals surface area contributed by atoms with Crippen molar-refractivity contribution in [2.75, 3.05) is 57.1 Å². The number of carbonyl (C=O) groups excluding carboxylic acids is 1. The molecule has 33 heavy (non-hydrogen) atoms. The maximum absolute atomic E-state index is 13.3. The second-order valence-electron chi connectivity index (χ2n) is 9.08. The first-order chi connectivity index (χ1) is 15.8. The van der Waals surface area contributed by atoms with Crippen LogP contribution in [0.25, 0.3) is 0 Å². The van der Waals surface area contributed by atoms with Gasteiger partial charge in [-0.1, -0.05) is 24.3 Å². The fraction of sp³-hybridized carbons (Fsp3) is 0.480. The molecule has 1 amide bonds. The SMILES string of the molecule is Cc1ccccc1NS(=O)(=O)c1ccc(C)c(C(=O)N2CCN(CCN3CCCC3)CC2)c1. The topological polar surface area (TPSA) is 73.0 Å². The summed E-state index contributed by atoms with van der Waals surface area (Å²) in [7, 11) is -3.80. The summed E-state index contributed by atoms with van der Waals surface area (Å²) in [5.41, 5.74) is 2.61. The first kappa shape index (κ1) is 23.7. The molecule has 0 bridgehead atoms. The highest BCUT2D eigenvalue weighted by Crippen LogP contribution is 2.22. The number of nitrogens with zero attached hydrogens (tertiary/aromatic N) is 3. The Morgan fingerprint density at radius 2 is 1.48 bits per heavy atom. The molecule has 2 aliphatic rings. The Kier molecular flexibility index (Phi) is 7.36. The number of benzene rings is 2. The number of anilines is 1. The van der Waals surface area contributed by atoms with Crippen molar-refractivity contribution < 1.29 is 13.2 Å². The molecule has 0 atom stereocenters. The smallest absolute Gasteiger partial charge is 0.261 e. The molecule has 0 aromatic heterocycles. The summed E-state index contributed by atoms with van der Waals surface area (Å²) in [5.74, 6) is -0.0976. The maximum Gasteiger partial charge on any atom is 0.261 e. The zero-order valence-electron chi connectivity index (χ0n) is 19.6. The van der Waals surface area contributed by atoms with E-state index in [1.54, 1.807) is 24.3 Å². The van der Waals surface area contributed by atoms with Gasteiger partial charge in [0.2, 0.25) is 0 Å². The number of aryl methyl sites for hydroxylation is 2. The van der Waals surface area contributed by atoms with Crippen molar-refractivity contribution in [2.24, 2.45) is 0 Å². The molecule has 0 aliphatic carbocycles. The molecule has 2 saturated heterocycles. The van der Waals surface area contributed by atoms with Crippen molar-refractivity contribution >= 4 is 21.6 Å². The number of nitrogens with one attached hydrogen (secondary N) is 1. The third-order valence-corrected chi connectivity index (χ3v) is 8.09. The van der Waals surface area contributed by atoms with Crippen LogP contribution in [0, 0.1) is 13.8 Å². The number of amides is 1. The highest BCUT2D eigenvalue weighted by molar-refractivity contribution is 7.92. The van der Waals surface area contributed by atoms with Gasteiger partial charge in [0.1, 0.15) is 0 Å². The van der Waals surface area contributed by atoms with Gasteiger partial charge in [-0.15, -0.1) is 0 Å². The lowest BCUT2D eigenvalue weighted by molar-refractivity contribution is 0.0625. The average Bonchev–Trinajstić information content (AvgIpc) is 3.33. The minimum atomic E-state index is -3.80. The number of carbonyl (C=O) groups is 1. The molecule has 1 N–H and O–H groups in total. The second-order valence-corrected chi connectivity index (χ2v) is 10.8. The molecule has 2 aromatic carbocycles. The summed E-state index contributed by atoms with van der Waals surface area (Å²) in [4.78, 5) is 20.1. The van der Waals surface area contributed by atoms with Gasteiger partial charge in [-0.25, -0.2) is 8.42 Å². The zero-order valence-corrected chi connectivity index (χ0v) is 20.4. The number of para-hydroxylation sites is 1. The molecule has 178 valence electrons. The molecule has 0 unspecified atom stereocenters. The average molecular weight is 471 g/mol. The van der Waals surface area contributed by atoms with E-state index < -0.39 is 10.0 Å². The number of hydrogen-bond donors (Lipinski definition) is 1. The van der Waals surface area contributed by atoms with Gasteiger partial charge >= 0.3 is 0 Å². The Hall–Kier alpha value is -2.42. The van der Waals surface area contributed by atoms with Gasteiger partial charge in [0.15, 0.2) is 0 Å². The molecular weight excluding hydrogens is 436 g/mol. The van der Waals surface area contributed by atoms with Crippen LogP contribution in [-0.2, 0) is 10.0 Å². The third-order valence-electron chi connectivity index (χ3n) is 6.73. The summed E-state index contributed by atoms with van der Waals surface area (Å²) in [6.07, 6.45) is 2.60. The molecule has 2 aromatic rings. The number of rotatable bonds is 7. The molecule has 7 nitrogen and oxygen atoms in total. The highest BCUT2D eigenvalue weighted by atomic mass is 32.2. The van der Waals surface area contributed by atoms with Crippen molar-refractivity contribution in [1.29, 1.82) is 0 Å². The second kappa shape index (κ2) is 10.2. The van der Waals surface area contributed by atoms with Crippen molar-refractivity contribution in [1.82, 2.24) is 14.7 Å². The van der Waals surface area contributed by atoms with Crippen LogP contribution in [0.5, 0.6) is 0 Å². The lowest BCUT2D eigenvalue weighted by Gasteiger charge is -2.35. The zero-order chi connectivity index (χ0) is 23.4. The van der Waals surface area contributed by atoms with Gasteiger partial charge in [-0.05, 0) is 69.1 Å². The molecule has 4 rings (SSSR count). The number of piperazine rings is 1. The van der Waals surface area contributed by atoms with Crippen LogP contribution in [0.2, 0.25) is 0 Å². The minimum Gasteiger partial charge on any atom is -0.336 e. The van der Waals surface area contributed by atoms with Crippen molar-refractivity contribution in [3.63, 3.8) is 0 Å². The van der Waals surface area contributed by atoms with Crippen LogP contribution in [0.15, 0.2) is 47.4 Å². The van der Waals surface area contributed by atoms with Gasteiger partial charge in [-0.3, -0.25) is 14.4 Å². The predicted octanol–water partition coefficient (Wildman–Crippen LogP) is 2.96. The minimum absolute atomic E-state index is 0.0976. The van der Waals surface area contributed by atoms with Gasteiger partial charge in [0, 0.05) is 44.8 Å². The molecule has 0 spiro atoms. The standard InChI is InChI=1S/C25H34N4O3S/c1-20-9-10-22(33(31,32)26-24-8-4-3-7-21(24)2)19-23(20)25(30)29-17-15-28(16-18-29)14-13-27-11-5-6-12-27/h3-4,7-10,19,26H,5-6,11-18H2,1-2H3. The monoisotopic (exact) mass is 470 g/mol. The fourth-order valence-electron chi connectivity index (χ4n) is 4.52. The van der Waals surface area contributed by atoms with Crippen LogP contribution < -0.4 is 4.72 Å². The van der Waals surface area contributed by atoms with E-state index in [0.29, 0.717) is 24.3 Å². The predicted molar refractivity (Wildman–Crippen MR) is 131 cm³/mol. The molecule has 2 heterocycles. The Balaban J connectivity index is 1.41. The van der Waals surface area contributed by atoms with Crippen LogP contribution in [-0.4, -0.2) is 81.4 Å². The summed E-state index contributed by atoms with van der Waals surface area (Å²) in [6, 6.07) is 12.0. The Labute approximate surface area is 197 Å². The Morgan fingerprint density at radius 3 is 2.15 bits per heavy atom. The van der Waals surface area contributed by atoms with Crippen LogP contribution >= 0.6 is 0 Å². The van der Waals surface area contributed by atoms with E-state index in [1.807, 2.05) is 30.9 Å². The van der Waals surface area contributed by atoms with E-state index in [9.17, 15) is 13.2 Å². The molecular formula is C25H34N4O3S. The van der Waals surface area contributed by atoms with E-state index in [-0.39, 0.29) is 10.8 Å². The van der Waals surface area contributed by atoms with Crippen molar-refractivity contribution in [2.45, 2.75) is 31.6 Å². The van der Waals surface area contributed by atoms with Gasteiger partial charge < -0.3 is 9.80 Å². The van der Waals surface area contributed by atoms with E-state index in [1.165, 1.54) is 32.0 Å². The molecule has 8 heteroatoms. The molecule has 0 saturated carbocycles. The first-order valence-electron chi connectivity index (χ1n) is 11.8. The van der Waals surface area contributed by atoms with Crippen molar-refractivity contribution in [3.8, 4) is 0 Å². The van der Waals surface area contributed by atoms with E-state index in [4.69, 9.17) is 0 Å². The summed E-state index contributed by atoms with van der Waals surface area (Å²) in [6.45, 7) is 11.3. The van der Waals surface area contributed by atoms with E-state index >= 15 is 0 Å². The quantitative estimate of drug-likeness (QED) is 0.674. The van der Waals surface area contributed by atoms with Gasteiger partial charge in [-0.2, -0.15) is 0 Å². The fourth-order valence-corrected chi connectivity index (χ4v) is 5.68. The molecule has 2 fully saturated rings. The number of likely N-dealkylation sites (tertiary alicyclic amines) is 1. The van der Waals surface area contributed by atoms with Crippen LogP contribution in [0.1, 0.15) is 34.3 Å². The Morgan fingerprint density at radius 1 is 0.848 bits per heavy atom. The first-order valence-corrected chi connectivity index (χ1v) is 13.2. The number of hydrogen-bond acceptors (Lipinski definition) is 5. The largest absolute Gasteiger partial charge is 0.336 e. The third kappa shape index (κ3) is 5.75. The van der Waals surface area contributed by atoms with E-state index in [2.05, 4.69) is 14.5 Å². The van der Waals surface area contributed by atoms with Crippen LogP contribution in [0.3, 0.4) is 0 Å². The lowest BCUT2D eigenvalue weighted by atomic mass is 10.1. The van der Waals surface area contributed by atoms with Gasteiger partial charge in [0.25, 0.3) is 15.9 Å². The maximum atomic E-state index is 13.3. The Bertz CT molecular complexity index is 1090. The molecule has 0 radical (unpaired) electrons.